The van der Waals surface area contributed by atoms with Crippen LogP contribution in [0.3, 0.4) is 0 Å². The maximum Gasteiger partial charge on any atom is 0.273 e. The molecule has 1 saturated heterocycles. The molecule has 254 valence electrons. The number of carbonyl (C=O) groups excluding carboxylic acids is 1. The van der Waals surface area contributed by atoms with Gasteiger partial charge in [0, 0.05) is 66.3 Å². The van der Waals surface area contributed by atoms with E-state index in [1.165, 1.54) is 6.07 Å². The molecule has 0 bridgehead atoms. The quantitative estimate of drug-likeness (QED) is 0.111. The van der Waals surface area contributed by atoms with Gasteiger partial charge in [0.25, 0.3) is 11.5 Å². The molecule has 0 saturated carbocycles. The summed E-state index contributed by atoms with van der Waals surface area (Å²) >= 11 is 0. The predicted molar refractivity (Wildman–Crippen MR) is 189 cm³/mol. The van der Waals surface area contributed by atoms with Crippen molar-refractivity contribution in [3.05, 3.63) is 111 Å². The summed E-state index contributed by atoms with van der Waals surface area (Å²) in [5, 5.41) is 36.0. The van der Waals surface area contributed by atoms with Gasteiger partial charge in [-0.25, -0.2) is 0 Å². The number of aromatic amines is 2. The van der Waals surface area contributed by atoms with Gasteiger partial charge in [0.05, 0.1) is 12.1 Å². The Hall–Kier alpha value is -5.46. The number of fused-ring (bicyclic) bond motifs is 2. The number of anilines is 1. The number of carbonyl (C=O) groups is 1. The number of nitrogens with one attached hydrogen (secondary N) is 2. The Balaban J connectivity index is 0.966. The number of likely N-dealkylation sites (N-methyl/N-ethyl adjacent to an activating group) is 1. The zero-order chi connectivity index (χ0) is 34.6. The summed E-state index contributed by atoms with van der Waals surface area (Å²) in [7, 11) is 1.80. The number of aliphatic hydroxyl groups excluding tert-OH is 1. The molecule has 7 rings (SSSR count). The van der Waals surface area contributed by atoms with Crippen LogP contribution in [0, 0.1) is 0 Å². The van der Waals surface area contributed by atoms with E-state index in [-0.39, 0.29) is 35.6 Å². The highest BCUT2D eigenvalue weighted by Crippen LogP contribution is 2.50. The molecule has 3 aromatic heterocycles. The third-order valence-corrected chi connectivity index (χ3v) is 9.71. The fraction of sp³-hybridized carbons (Fsp3) is 0.297. The van der Waals surface area contributed by atoms with Crippen molar-refractivity contribution in [2.24, 2.45) is 5.73 Å². The number of amides is 1. The molecule has 12 nitrogen and oxygen atoms in total. The first-order chi connectivity index (χ1) is 23.5. The second kappa shape index (κ2) is 12.5. The van der Waals surface area contributed by atoms with E-state index in [9.17, 15) is 24.9 Å². The second-order valence-electron chi connectivity index (χ2n) is 13.2. The lowest BCUT2D eigenvalue weighted by Gasteiger charge is -2.18. The van der Waals surface area contributed by atoms with Gasteiger partial charge >= 0.3 is 0 Å². The lowest BCUT2D eigenvalue weighted by atomic mass is 9.97. The number of hydrogen-bond acceptors (Lipinski definition) is 7. The number of rotatable bonds is 11. The van der Waals surface area contributed by atoms with Crippen LogP contribution in [0.1, 0.15) is 58.4 Å². The van der Waals surface area contributed by atoms with Crippen LogP contribution in [-0.2, 0) is 26.1 Å². The van der Waals surface area contributed by atoms with Gasteiger partial charge in [-0.15, -0.1) is 0 Å². The smallest absolute Gasteiger partial charge is 0.273 e. The molecule has 7 N–H and O–H groups in total. The monoisotopic (exact) mass is 663 g/mol. The van der Waals surface area contributed by atoms with E-state index in [1.807, 2.05) is 79.7 Å². The summed E-state index contributed by atoms with van der Waals surface area (Å²) < 4.78 is 3.70. The van der Waals surface area contributed by atoms with Crippen LogP contribution in [-0.4, -0.2) is 65.3 Å². The van der Waals surface area contributed by atoms with Gasteiger partial charge in [-0.2, -0.15) is 0 Å². The van der Waals surface area contributed by atoms with Crippen LogP contribution in [0.4, 0.5) is 5.69 Å². The Labute approximate surface area is 282 Å². The Bertz CT molecular complexity index is 2230. The van der Waals surface area contributed by atoms with Gasteiger partial charge in [0.2, 0.25) is 0 Å². The molecule has 6 aromatic rings. The number of phenolic OH excluding ortho intramolecular Hbond substituents is 2. The van der Waals surface area contributed by atoms with Crippen LogP contribution in [0.15, 0.2) is 77.9 Å². The molecule has 0 spiro atoms. The standard InChI is InChI=1S/C37H41N7O5/c1-21(2)27-17-28(31(46)18-30(27)45)33-37(49)44(33)26-10-11-29-24(16-26)12-13-42(29)15-14-41(3)36(48)23-7-4-22(5-8-23)6-9-25-19-39-34-32(25)35(47)40-43(34)20-38/h4-5,7-8,10-13,16-19,21,33,37,39,45-46,49H,6,9,14-15,20,38H2,1-3H3,(H,40,47)/t33-,37?,44?/m0/s1. The van der Waals surface area contributed by atoms with E-state index in [2.05, 4.69) is 14.6 Å². The third-order valence-electron chi connectivity index (χ3n) is 9.71. The van der Waals surface area contributed by atoms with E-state index in [0.717, 1.165) is 39.7 Å². The Morgan fingerprint density at radius 2 is 1.80 bits per heavy atom. The van der Waals surface area contributed by atoms with Crippen molar-refractivity contribution in [1.82, 2.24) is 24.2 Å². The zero-order valence-corrected chi connectivity index (χ0v) is 27.7. The minimum atomic E-state index is -0.783. The summed E-state index contributed by atoms with van der Waals surface area (Å²) in [6, 6.07) is 18.3. The lowest BCUT2D eigenvalue weighted by Crippen LogP contribution is -2.30. The van der Waals surface area contributed by atoms with E-state index in [4.69, 9.17) is 5.73 Å². The van der Waals surface area contributed by atoms with Crippen LogP contribution >= 0.6 is 0 Å². The molecule has 3 aromatic carbocycles. The van der Waals surface area contributed by atoms with Crippen molar-refractivity contribution in [2.75, 3.05) is 18.5 Å². The van der Waals surface area contributed by atoms with Gasteiger partial charge in [-0.1, -0.05) is 26.0 Å². The van der Waals surface area contributed by atoms with Crippen LogP contribution in [0.25, 0.3) is 21.9 Å². The largest absolute Gasteiger partial charge is 0.508 e. The summed E-state index contributed by atoms with van der Waals surface area (Å²) in [6.07, 6.45) is 4.47. The number of aromatic hydroxyl groups is 2. The molecular formula is C37H41N7O5. The predicted octanol–water partition coefficient (Wildman–Crippen LogP) is 4.50. The molecule has 49 heavy (non-hydrogen) atoms. The van der Waals surface area contributed by atoms with Crippen LogP contribution in [0.5, 0.6) is 11.5 Å². The van der Waals surface area contributed by atoms with E-state index >= 15 is 0 Å². The van der Waals surface area contributed by atoms with Gasteiger partial charge < -0.3 is 40.4 Å². The van der Waals surface area contributed by atoms with E-state index in [0.29, 0.717) is 41.7 Å². The highest BCUT2D eigenvalue weighted by molar-refractivity contribution is 5.94. The van der Waals surface area contributed by atoms with Crippen LogP contribution in [0.2, 0.25) is 0 Å². The van der Waals surface area contributed by atoms with Crippen molar-refractivity contribution in [3.8, 4) is 11.5 Å². The number of hydrogen-bond donors (Lipinski definition) is 6. The first-order valence-electron chi connectivity index (χ1n) is 16.5. The SMILES string of the molecule is CC(C)c1cc([C@H]2C(O)N2c2ccc3c(ccn3CCN(C)C(=O)c3ccc(CCc4c[nH]c5c4c(=O)[nH]n5CN)cc3)c2)c(O)cc1O. The van der Waals surface area contributed by atoms with Crippen molar-refractivity contribution in [1.29, 1.82) is 0 Å². The van der Waals surface area contributed by atoms with Crippen molar-refractivity contribution in [2.45, 2.75) is 58.1 Å². The molecule has 1 amide bonds. The maximum absolute atomic E-state index is 13.2. The number of aryl methyl sites for hydroxylation is 2. The van der Waals surface area contributed by atoms with E-state index in [1.54, 1.807) is 22.7 Å². The molecule has 1 unspecified atom stereocenters. The minimum absolute atomic E-state index is 0.0394. The van der Waals surface area contributed by atoms with Crippen molar-refractivity contribution < 1.29 is 20.1 Å². The number of phenols is 2. The summed E-state index contributed by atoms with van der Waals surface area (Å²) in [5.41, 5.74) is 12.0. The average Bonchev–Trinajstić information content (AvgIpc) is 3.40. The fourth-order valence-electron chi connectivity index (χ4n) is 6.86. The summed E-state index contributed by atoms with van der Waals surface area (Å²) in [6.45, 7) is 5.25. The number of H-pyrrole nitrogens is 2. The molecular weight excluding hydrogens is 622 g/mol. The second-order valence-corrected chi connectivity index (χ2v) is 13.2. The number of nitrogens with two attached hydrogens (primary N) is 1. The normalized spacial score (nSPS) is 15.9. The fourth-order valence-corrected chi connectivity index (χ4v) is 6.86. The van der Waals surface area contributed by atoms with E-state index < -0.39 is 12.3 Å². The molecule has 12 heteroatoms. The maximum atomic E-state index is 13.2. The molecule has 1 aliphatic heterocycles. The Kier molecular flexibility index (Phi) is 8.21. The van der Waals surface area contributed by atoms with Gasteiger partial charge in [0.15, 0.2) is 6.23 Å². The van der Waals surface area contributed by atoms with Crippen LogP contribution < -0.4 is 16.2 Å². The highest BCUT2D eigenvalue weighted by Gasteiger charge is 2.49. The molecule has 0 aliphatic carbocycles. The number of aromatic nitrogens is 4. The third kappa shape index (κ3) is 5.83. The van der Waals surface area contributed by atoms with Gasteiger partial charge in [-0.3, -0.25) is 19.4 Å². The first-order valence-corrected chi connectivity index (χ1v) is 16.5. The van der Waals surface area contributed by atoms with Gasteiger partial charge in [0.1, 0.15) is 23.2 Å². The summed E-state index contributed by atoms with van der Waals surface area (Å²) in [5.74, 6) is 0.0139. The molecule has 4 heterocycles. The Morgan fingerprint density at radius 1 is 1.02 bits per heavy atom. The number of aliphatic hydroxyl groups is 1. The first kappa shape index (κ1) is 32.1. The number of nitrogens with zero attached hydrogens (tertiary/aromatic N) is 4. The molecule has 1 aliphatic rings. The molecule has 1 fully saturated rings. The van der Waals surface area contributed by atoms with Crippen molar-refractivity contribution >= 4 is 33.5 Å². The van der Waals surface area contributed by atoms with Crippen molar-refractivity contribution in [3.63, 3.8) is 0 Å². The molecule has 0 radical (unpaired) electrons. The lowest BCUT2D eigenvalue weighted by molar-refractivity contribution is 0.0790. The van der Waals surface area contributed by atoms with Gasteiger partial charge in [-0.05, 0) is 77.9 Å². The highest BCUT2D eigenvalue weighted by atomic mass is 16.3. The average molecular weight is 664 g/mol. The Morgan fingerprint density at radius 3 is 2.53 bits per heavy atom. The topological polar surface area (TPSA) is 169 Å². The zero-order valence-electron chi connectivity index (χ0n) is 27.7. The molecule has 2 atom stereocenters. The summed E-state index contributed by atoms with van der Waals surface area (Å²) in [4.78, 5) is 32.3. The minimum Gasteiger partial charge on any atom is -0.508 e. The number of benzene rings is 3.